The summed E-state index contributed by atoms with van der Waals surface area (Å²) in [5, 5.41) is 20.6. The van der Waals surface area contributed by atoms with Crippen molar-refractivity contribution in [1.29, 1.82) is 0 Å². The number of sulfonamides is 1. The molecule has 4 unspecified atom stereocenters. The van der Waals surface area contributed by atoms with Crippen LogP contribution in [0.2, 0.25) is 0 Å². The summed E-state index contributed by atoms with van der Waals surface area (Å²) in [4.78, 5) is 40.7. The SMILES string of the molecule is CCS(=O)(=O)Nc1cc(C(=O)NC(C)c2ccccc2)cc(C(=O)NC(Cc2ccccc2)C(O)CC(Cc2ccccc2)NC(=O)OCc2ccccc2)c1. The predicted octanol–water partition coefficient (Wildman–Crippen LogP) is 6.57. The van der Waals surface area contributed by atoms with Crippen LogP contribution in [0.4, 0.5) is 10.5 Å². The molecule has 5 aromatic rings. The van der Waals surface area contributed by atoms with Crippen LogP contribution < -0.4 is 20.7 Å². The predicted molar refractivity (Wildman–Crippen MR) is 218 cm³/mol. The molecular formula is C44H48N4O7S. The fraction of sp³-hybridized carbons (Fsp3) is 0.250. The Kier molecular flexibility index (Phi) is 14.8. The molecule has 0 aromatic heterocycles. The Morgan fingerprint density at radius 3 is 1.71 bits per heavy atom. The third-order valence-electron chi connectivity index (χ3n) is 9.22. The van der Waals surface area contributed by atoms with E-state index in [1.54, 1.807) is 0 Å². The van der Waals surface area contributed by atoms with Crippen LogP contribution in [0.1, 0.15) is 69.3 Å². The molecule has 292 valence electrons. The highest BCUT2D eigenvalue weighted by Gasteiger charge is 2.28. The molecule has 0 fully saturated rings. The van der Waals surface area contributed by atoms with Gasteiger partial charge in [-0.15, -0.1) is 0 Å². The minimum Gasteiger partial charge on any atom is -0.445 e. The number of aliphatic hydroxyl groups excluding tert-OH is 1. The molecule has 0 aliphatic rings. The number of benzene rings is 5. The second kappa shape index (κ2) is 20.1. The minimum absolute atomic E-state index is 0.00697. The van der Waals surface area contributed by atoms with E-state index in [4.69, 9.17) is 4.74 Å². The van der Waals surface area contributed by atoms with Crippen molar-refractivity contribution in [3.63, 3.8) is 0 Å². The second-order valence-corrected chi connectivity index (χ2v) is 15.6. The molecule has 12 heteroatoms. The molecule has 5 rings (SSSR count). The highest BCUT2D eigenvalue weighted by molar-refractivity contribution is 7.92. The van der Waals surface area contributed by atoms with Crippen LogP contribution in [0.3, 0.4) is 0 Å². The van der Waals surface area contributed by atoms with E-state index in [-0.39, 0.29) is 48.1 Å². The average molecular weight is 777 g/mol. The molecule has 0 aliphatic carbocycles. The van der Waals surface area contributed by atoms with Gasteiger partial charge >= 0.3 is 6.09 Å². The van der Waals surface area contributed by atoms with E-state index in [0.29, 0.717) is 6.42 Å². The second-order valence-electron chi connectivity index (χ2n) is 13.6. The maximum absolute atomic E-state index is 14.1. The lowest BCUT2D eigenvalue weighted by atomic mass is 9.93. The number of ether oxygens (including phenoxy) is 1. The van der Waals surface area contributed by atoms with Crippen molar-refractivity contribution >= 4 is 33.6 Å². The molecule has 11 nitrogen and oxygen atoms in total. The van der Waals surface area contributed by atoms with Gasteiger partial charge in [-0.2, -0.15) is 0 Å². The van der Waals surface area contributed by atoms with Crippen LogP contribution in [-0.2, 0) is 34.2 Å². The van der Waals surface area contributed by atoms with Gasteiger partial charge in [-0.3, -0.25) is 14.3 Å². The van der Waals surface area contributed by atoms with E-state index in [1.165, 1.54) is 25.1 Å². The van der Waals surface area contributed by atoms with Crippen molar-refractivity contribution in [2.75, 3.05) is 10.5 Å². The molecule has 4 atom stereocenters. The zero-order valence-electron chi connectivity index (χ0n) is 31.4. The summed E-state index contributed by atoms with van der Waals surface area (Å²) in [6.07, 6.45) is -1.16. The number of aliphatic hydroxyl groups is 1. The minimum atomic E-state index is -3.77. The summed E-state index contributed by atoms with van der Waals surface area (Å²) in [6, 6.07) is 39.8. The normalized spacial score (nSPS) is 13.3. The zero-order chi connectivity index (χ0) is 39.9. The Balaban J connectivity index is 1.39. The van der Waals surface area contributed by atoms with Gasteiger partial charge in [0, 0.05) is 17.2 Å². The number of amides is 3. The number of carbonyl (C=O) groups excluding carboxylic acids is 3. The number of hydrogen-bond acceptors (Lipinski definition) is 7. The van der Waals surface area contributed by atoms with Gasteiger partial charge in [0.1, 0.15) is 6.61 Å². The number of carbonyl (C=O) groups is 3. The number of hydrogen-bond donors (Lipinski definition) is 5. The number of rotatable bonds is 18. The van der Waals surface area contributed by atoms with Crippen LogP contribution in [0, 0.1) is 0 Å². The van der Waals surface area contributed by atoms with Gasteiger partial charge in [-0.05, 0) is 73.6 Å². The van der Waals surface area contributed by atoms with Crippen molar-refractivity contribution in [3.8, 4) is 0 Å². The Morgan fingerprint density at radius 1 is 0.661 bits per heavy atom. The van der Waals surface area contributed by atoms with Crippen molar-refractivity contribution in [3.05, 3.63) is 173 Å². The van der Waals surface area contributed by atoms with E-state index >= 15 is 0 Å². The summed E-state index contributed by atoms with van der Waals surface area (Å²) in [7, 11) is -3.77. The lowest BCUT2D eigenvalue weighted by molar-refractivity contribution is 0.0770. The van der Waals surface area contributed by atoms with Crippen LogP contribution >= 0.6 is 0 Å². The first-order valence-corrected chi connectivity index (χ1v) is 20.2. The summed E-state index contributed by atoms with van der Waals surface area (Å²) >= 11 is 0. The third kappa shape index (κ3) is 12.8. The lowest BCUT2D eigenvalue weighted by Gasteiger charge is -2.28. The smallest absolute Gasteiger partial charge is 0.407 e. The van der Waals surface area contributed by atoms with Gasteiger partial charge in [0.15, 0.2) is 0 Å². The Morgan fingerprint density at radius 2 is 1.16 bits per heavy atom. The van der Waals surface area contributed by atoms with Gasteiger partial charge in [0.25, 0.3) is 11.8 Å². The van der Waals surface area contributed by atoms with Crippen LogP contribution in [0.15, 0.2) is 140 Å². The van der Waals surface area contributed by atoms with Gasteiger partial charge < -0.3 is 25.8 Å². The first kappa shape index (κ1) is 41.2. The zero-order valence-corrected chi connectivity index (χ0v) is 32.2. The molecule has 3 amide bonds. The third-order valence-corrected chi connectivity index (χ3v) is 10.5. The van der Waals surface area contributed by atoms with Crippen molar-refractivity contribution in [2.45, 2.75) is 63.9 Å². The van der Waals surface area contributed by atoms with Crippen molar-refractivity contribution in [1.82, 2.24) is 16.0 Å². The molecule has 0 aliphatic heterocycles. The summed E-state index contributed by atoms with van der Waals surface area (Å²) in [5.74, 6) is -1.37. The maximum Gasteiger partial charge on any atom is 0.407 e. The molecule has 0 bridgehead atoms. The van der Waals surface area contributed by atoms with Gasteiger partial charge in [0.05, 0.1) is 29.6 Å². The quantitative estimate of drug-likeness (QED) is 0.0673. The van der Waals surface area contributed by atoms with E-state index < -0.39 is 46.1 Å². The number of anilines is 1. The fourth-order valence-electron chi connectivity index (χ4n) is 6.19. The van der Waals surface area contributed by atoms with E-state index in [9.17, 15) is 27.9 Å². The van der Waals surface area contributed by atoms with Gasteiger partial charge in [-0.1, -0.05) is 121 Å². The summed E-state index contributed by atoms with van der Waals surface area (Å²) in [6.45, 7) is 3.37. The van der Waals surface area contributed by atoms with Crippen molar-refractivity contribution in [2.24, 2.45) is 0 Å². The molecule has 5 N–H and O–H groups in total. The van der Waals surface area contributed by atoms with E-state index in [2.05, 4.69) is 20.7 Å². The largest absolute Gasteiger partial charge is 0.445 e. The molecule has 0 heterocycles. The van der Waals surface area contributed by atoms with Gasteiger partial charge in [-0.25, -0.2) is 13.2 Å². The molecule has 0 saturated heterocycles. The monoisotopic (exact) mass is 776 g/mol. The van der Waals surface area contributed by atoms with Crippen molar-refractivity contribution < 1.29 is 32.6 Å². The van der Waals surface area contributed by atoms with E-state index in [0.717, 1.165) is 22.3 Å². The fourth-order valence-corrected chi connectivity index (χ4v) is 6.81. The number of alkyl carbamates (subject to hydrolysis) is 1. The van der Waals surface area contributed by atoms with E-state index in [1.807, 2.05) is 128 Å². The van der Waals surface area contributed by atoms with Crippen LogP contribution in [-0.4, -0.2) is 55.4 Å². The summed E-state index contributed by atoms with van der Waals surface area (Å²) < 4.78 is 33.2. The van der Waals surface area contributed by atoms with Crippen LogP contribution in [0.25, 0.3) is 0 Å². The molecule has 0 spiro atoms. The number of nitrogens with one attached hydrogen (secondary N) is 4. The highest BCUT2D eigenvalue weighted by Crippen LogP contribution is 2.21. The average Bonchev–Trinajstić information content (AvgIpc) is 3.21. The standard InChI is InChI=1S/C44H48N4O7S/c1-3-56(53,54)48-39-27-36(42(50)45-31(2)35-22-14-7-15-23-35)26-37(28-39)43(51)47-40(25-33-18-10-5-11-19-33)41(49)29-38(24-32-16-8-4-9-17-32)46-44(52)55-30-34-20-12-6-13-21-34/h4-23,26-28,31,38,40-41,48-49H,3,24-25,29-30H2,1-2H3,(H,45,50)(H,46,52)(H,47,51). The molecular weight excluding hydrogens is 729 g/mol. The maximum atomic E-state index is 14.1. The molecule has 0 radical (unpaired) electrons. The topological polar surface area (TPSA) is 163 Å². The molecule has 56 heavy (non-hydrogen) atoms. The summed E-state index contributed by atoms with van der Waals surface area (Å²) in [5.41, 5.74) is 3.57. The Labute approximate surface area is 328 Å². The highest BCUT2D eigenvalue weighted by atomic mass is 32.2. The Bertz CT molecular complexity index is 2140. The molecule has 0 saturated carbocycles. The first-order chi connectivity index (χ1) is 27.0. The van der Waals surface area contributed by atoms with Gasteiger partial charge in [0.2, 0.25) is 10.0 Å². The lowest BCUT2D eigenvalue weighted by Crippen LogP contribution is -2.48. The Hall–Kier alpha value is -5.98. The molecule has 5 aromatic carbocycles. The first-order valence-electron chi connectivity index (χ1n) is 18.5. The van der Waals surface area contributed by atoms with Crippen LogP contribution in [0.5, 0.6) is 0 Å².